The van der Waals surface area contributed by atoms with Crippen LogP contribution in [0.3, 0.4) is 0 Å². The number of nitrogens with zero attached hydrogens (tertiary/aromatic N) is 1. The van der Waals surface area contributed by atoms with E-state index in [1.807, 2.05) is 30.3 Å². The highest BCUT2D eigenvalue weighted by Gasteiger charge is 2.06. The zero-order valence-corrected chi connectivity index (χ0v) is 11.9. The number of aryl methyl sites for hydroxylation is 1. The fraction of sp³-hybridized carbons (Fsp3) is 0.231. The lowest BCUT2D eigenvalue weighted by atomic mass is 10.2. The van der Waals surface area contributed by atoms with Gasteiger partial charge < -0.3 is 4.98 Å². The molecule has 0 aliphatic heterocycles. The van der Waals surface area contributed by atoms with Gasteiger partial charge in [0.15, 0.2) is 0 Å². The van der Waals surface area contributed by atoms with Gasteiger partial charge in [0.25, 0.3) is 0 Å². The molecule has 4 heteroatoms. The summed E-state index contributed by atoms with van der Waals surface area (Å²) in [6.07, 6.45) is 2.04. The lowest BCUT2D eigenvalue weighted by Crippen LogP contribution is -1.98. The van der Waals surface area contributed by atoms with Gasteiger partial charge in [-0.15, -0.1) is 0 Å². The fourth-order valence-electron chi connectivity index (χ4n) is 1.66. The van der Waals surface area contributed by atoms with E-state index in [-0.39, 0.29) is 0 Å². The minimum Gasteiger partial charge on any atom is -0.342 e. The maximum absolute atomic E-state index is 5.26. The summed E-state index contributed by atoms with van der Waals surface area (Å²) in [5, 5.41) is 0. The Labute approximate surface area is 114 Å². The van der Waals surface area contributed by atoms with Crippen molar-refractivity contribution in [3.8, 4) is 11.4 Å². The molecule has 1 heterocycles. The molecule has 0 spiro atoms. The molecule has 0 amide bonds. The van der Waals surface area contributed by atoms with E-state index >= 15 is 0 Å². The van der Waals surface area contributed by atoms with Crippen LogP contribution in [0.2, 0.25) is 0 Å². The third-order valence-corrected chi connectivity index (χ3v) is 3.89. The molecule has 0 aliphatic rings. The van der Waals surface area contributed by atoms with Crippen LogP contribution in [0.25, 0.3) is 11.4 Å². The molecule has 0 saturated heterocycles. The summed E-state index contributed by atoms with van der Waals surface area (Å²) in [7, 11) is 0. The van der Waals surface area contributed by atoms with E-state index in [0.717, 1.165) is 34.4 Å². The molecule has 0 radical (unpaired) electrons. The first kappa shape index (κ1) is 12.5. The molecule has 0 aliphatic carbocycles. The molecular formula is C13H13BrN2S. The Bertz CT molecular complexity index is 563. The Morgan fingerprint density at radius 1 is 1.29 bits per heavy atom. The van der Waals surface area contributed by atoms with E-state index in [2.05, 4.69) is 32.8 Å². The zero-order valence-electron chi connectivity index (χ0n) is 9.53. The molecular weight excluding hydrogens is 296 g/mol. The van der Waals surface area contributed by atoms with Gasteiger partial charge in [0.1, 0.15) is 10.5 Å². The van der Waals surface area contributed by atoms with Gasteiger partial charge in [-0.3, -0.25) is 0 Å². The molecule has 17 heavy (non-hydrogen) atoms. The van der Waals surface area contributed by atoms with Crippen LogP contribution in [0.15, 0.2) is 34.8 Å². The molecule has 2 aromatic rings. The first-order valence-corrected chi connectivity index (χ1v) is 6.76. The summed E-state index contributed by atoms with van der Waals surface area (Å²) in [6.45, 7) is 2.14. The van der Waals surface area contributed by atoms with Gasteiger partial charge in [0.05, 0.1) is 4.47 Å². The Kier molecular flexibility index (Phi) is 4.07. The Hall–Kier alpha value is -1.00. The second kappa shape index (κ2) is 5.56. The number of nitrogens with one attached hydrogen (secondary N) is 1. The van der Waals surface area contributed by atoms with E-state index in [1.54, 1.807) is 0 Å². The quantitative estimate of drug-likeness (QED) is 0.844. The van der Waals surface area contributed by atoms with Crippen LogP contribution in [0.5, 0.6) is 0 Å². The van der Waals surface area contributed by atoms with E-state index in [0.29, 0.717) is 4.64 Å². The van der Waals surface area contributed by atoms with Crippen LogP contribution in [-0.4, -0.2) is 9.97 Å². The fourth-order valence-corrected chi connectivity index (χ4v) is 2.26. The van der Waals surface area contributed by atoms with Crippen molar-refractivity contribution in [2.24, 2.45) is 0 Å². The van der Waals surface area contributed by atoms with E-state index in [9.17, 15) is 0 Å². The first-order valence-electron chi connectivity index (χ1n) is 5.56. The number of aromatic amines is 1. The topological polar surface area (TPSA) is 28.7 Å². The molecule has 1 N–H and O–H groups in total. The number of H-pyrrole nitrogens is 1. The summed E-state index contributed by atoms with van der Waals surface area (Å²) < 4.78 is 1.53. The smallest absolute Gasteiger partial charge is 0.144 e. The number of hydrogen-bond donors (Lipinski definition) is 1. The molecule has 0 saturated carbocycles. The highest BCUT2D eigenvalue weighted by Crippen LogP contribution is 2.21. The van der Waals surface area contributed by atoms with Crippen LogP contribution in [0, 0.1) is 4.64 Å². The monoisotopic (exact) mass is 308 g/mol. The minimum atomic E-state index is 0.617. The second-order valence-electron chi connectivity index (χ2n) is 3.80. The normalized spacial score (nSPS) is 10.5. The summed E-state index contributed by atoms with van der Waals surface area (Å²) >= 11 is 8.75. The molecule has 0 atom stereocenters. The van der Waals surface area contributed by atoms with Gasteiger partial charge in [0, 0.05) is 11.3 Å². The van der Waals surface area contributed by atoms with Crippen molar-refractivity contribution >= 4 is 28.1 Å². The highest BCUT2D eigenvalue weighted by molar-refractivity contribution is 9.10. The molecule has 0 fully saturated rings. The van der Waals surface area contributed by atoms with Crippen LogP contribution in [-0.2, 0) is 6.42 Å². The maximum Gasteiger partial charge on any atom is 0.144 e. The Morgan fingerprint density at radius 2 is 2.00 bits per heavy atom. The molecule has 88 valence electrons. The first-order chi connectivity index (χ1) is 8.22. The predicted molar refractivity (Wildman–Crippen MR) is 76.6 cm³/mol. The third-order valence-electron chi connectivity index (χ3n) is 2.48. The number of halogens is 1. The highest BCUT2D eigenvalue weighted by atomic mass is 79.9. The lowest BCUT2D eigenvalue weighted by Gasteiger charge is -2.07. The summed E-state index contributed by atoms with van der Waals surface area (Å²) in [6, 6.07) is 10.0. The van der Waals surface area contributed by atoms with E-state index < -0.39 is 0 Å². The van der Waals surface area contributed by atoms with Crippen LogP contribution in [0.1, 0.15) is 19.0 Å². The number of aromatic nitrogens is 2. The molecule has 0 unspecified atom stereocenters. The van der Waals surface area contributed by atoms with E-state index in [4.69, 9.17) is 12.2 Å². The number of hydrogen-bond acceptors (Lipinski definition) is 2. The van der Waals surface area contributed by atoms with Gasteiger partial charge in [-0.05, 0) is 22.4 Å². The van der Waals surface area contributed by atoms with Gasteiger partial charge in [-0.1, -0.05) is 55.9 Å². The molecule has 2 nitrogen and oxygen atoms in total. The average molecular weight is 309 g/mol. The summed E-state index contributed by atoms with van der Waals surface area (Å²) in [5.74, 6) is 0.835. The van der Waals surface area contributed by atoms with Crippen molar-refractivity contribution in [2.45, 2.75) is 19.8 Å². The predicted octanol–water partition coefficient (Wildman–Crippen LogP) is 4.52. The van der Waals surface area contributed by atoms with Crippen molar-refractivity contribution in [3.63, 3.8) is 0 Å². The lowest BCUT2D eigenvalue weighted by molar-refractivity contribution is 0.865. The summed E-state index contributed by atoms with van der Waals surface area (Å²) in [5.41, 5.74) is 2.18. The second-order valence-corrected chi connectivity index (χ2v) is 4.98. The van der Waals surface area contributed by atoms with Crippen LogP contribution < -0.4 is 0 Å². The van der Waals surface area contributed by atoms with E-state index in [1.165, 1.54) is 0 Å². The van der Waals surface area contributed by atoms with Gasteiger partial charge in [-0.2, -0.15) is 0 Å². The molecule has 1 aromatic heterocycles. The number of benzene rings is 1. The zero-order chi connectivity index (χ0) is 12.3. The van der Waals surface area contributed by atoms with Crippen molar-refractivity contribution in [1.29, 1.82) is 0 Å². The van der Waals surface area contributed by atoms with Crippen molar-refractivity contribution in [3.05, 3.63) is 45.1 Å². The largest absolute Gasteiger partial charge is 0.342 e. The Morgan fingerprint density at radius 3 is 2.65 bits per heavy atom. The standard InChI is InChI=1S/C13H13BrN2S/c1-2-6-10-11(14)13(17)16-12(15-10)9-7-4-3-5-8-9/h3-5,7-8H,2,6H2,1H3,(H,15,16,17). The molecule has 1 aromatic carbocycles. The van der Waals surface area contributed by atoms with Gasteiger partial charge in [0.2, 0.25) is 0 Å². The number of rotatable bonds is 3. The maximum atomic E-state index is 5.26. The summed E-state index contributed by atoms with van der Waals surface area (Å²) in [4.78, 5) is 7.74. The van der Waals surface area contributed by atoms with Crippen LogP contribution >= 0.6 is 28.1 Å². The van der Waals surface area contributed by atoms with Crippen molar-refractivity contribution in [1.82, 2.24) is 9.97 Å². The average Bonchev–Trinajstić information content (AvgIpc) is 2.36. The van der Waals surface area contributed by atoms with Crippen molar-refractivity contribution < 1.29 is 0 Å². The SMILES string of the molecule is CCCc1[nH]c(-c2ccccc2)nc(=S)c1Br. The van der Waals surface area contributed by atoms with Crippen LogP contribution in [0.4, 0.5) is 0 Å². The van der Waals surface area contributed by atoms with Gasteiger partial charge >= 0.3 is 0 Å². The minimum absolute atomic E-state index is 0.617. The molecule has 2 rings (SSSR count). The third kappa shape index (κ3) is 2.82. The molecule has 0 bridgehead atoms. The Balaban J connectivity index is 2.53. The van der Waals surface area contributed by atoms with Crippen molar-refractivity contribution in [2.75, 3.05) is 0 Å². The van der Waals surface area contributed by atoms with Gasteiger partial charge in [-0.25, -0.2) is 4.98 Å².